The quantitative estimate of drug-likeness (QED) is 0.793. The summed E-state index contributed by atoms with van der Waals surface area (Å²) < 4.78 is 25.2. The van der Waals surface area contributed by atoms with Crippen LogP contribution in [0.1, 0.15) is 19.5 Å². The molecule has 7 nitrogen and oxygen atoms in total. The molecule has 2 N–H and O–H groups in total. The van der Waals surface area contributed by atoms with E-state index in [1.807, 2.05) is 0 Å². The lowest BCUT2D eigenvalue weighted by molar-refractivity contribution is -0.121. The number of nitrogens with one attached hydrogen (secondary N) is 2. The number of H-pyrrole nitrogens is 1. The predicted octanol–water partition coefficient (Wildman–Crippen LogP) is -0.110. The molecule has 1 rings (SSSR count). The van der Waals surface area contributed by atoms with Gasteiger partial charge in [0.15, 0.2) is 4.21 Å². The topological polar surface area (TPSA) is 99.3 Å². The minimum absolute atomic E-state index is 0.0580. The molecular weight excluding hydrogens is 290 g/mol. The van der Waals surface area contributed by atoms with Crippen LogP contribution in [0.25, 0.3) is 0 Å². The third kappa shape index (κ3) is 3.88. The van der Waals surface area contributed by atoms with Crippen molar-refractivity contribution in [2.75, 3.05) is 13.6 Å². The highest BCUT2D eigenvalue weighted by molar-refractivity contribution is 7.91. The van der Waals surface area contributed by atoms with Gasteiger partial charge in [0.25, 0.3) is 10.0 Å². The maximum atomic E-state index is 12.2. The van der Waals surface area contributed by atoms with Crippen LogP contribution in [-0.2, 0) is 14.8 Å². The van der Waals surface area contributed by atoms with E-state index in [2.05, 4.69) is 10.3 Å². The average molecular weight is 307 g/mol. The lowest BCUT2D eigenvalue weighted by Gasteiger charge is -2.17. The van der Waals surface area contributed by atoms with Crippen molar-refractivity contribution in [3.05, 3.63) is 15.4 Å². The van der Waals surface area contributed by atoms with Gasteiger partial charge in [0, 0.05) is 18.8 Å². The monoisotopic (exact) mass is 307 g/mol. The summed E-state index contributed by atoms with van der Waals surface area (Å²) in [7, 11) is -2.52. The normalized spacial score (nSPS) is 12.1. The number of amides is 1. The molecule has 108 valence electrons. The molecule has 0 aliphatic carbocycles. The maximum Gasteiger partial charge on any atom is 0.305 e. The summed E-state index contributed by atoms with van der Waals surface area (Å²) in [5.74, 6) is -0.387. The molecule has 0 radical (unpaired) electrons. The summed E-state index contributed by atoms with van der Waals surface area (Å²) in [6.07, 6.45) is 0. The van der Waals surface area contributed by atoms with Crippen molar-refractivity contribution in [1.29, 1.82) is 0 Å². The maximum absolute atomic E-state index is 12.2. The van der Waals surface area contributed by atoms with Gasteiger partial charge in [-0.3, -0.25) is 9.59 Å². The van der Waals surface area contributed by atoms with E-state index < -0.39 is 14.9 Å². The van der Waals surface area contributed by atoms with Gasteiger partial charge >= 0.3 is 4.87 Å². The van der Waals surface area contributed by atoms with Gasteiger partial charge in [0.2, 0.25) is 5.91 Å². The fourth-order valence-electron chi connectivity index (χ4n) is 1.43. The Morgan fingerprint density at radius 3 is 2.47 bits per heavy atom. The van der Waals surface area contributed by atoms with Gasteiger partial charge in [-0.1, -0.05) is 11.3 Å². The van der Waals surface area contributed by atoms with Crippen LogP contribution in [0, 0.1) is 6.92 Å². The van der Waals surface area contributed by atoms with E-state index in [4.69, 9.17) is 0 Å². The Hall–Kier alpha value is -1.19. The first-order valence-corrected chi connectivity index (χ1v) is 7.85. The van der Waals surface area contributed by atoms with E-state index in [9.17, 15) is 18.0 Å². The third-order valence-corrected chi connectivity index (χ3v) is 5.63. The number of aromatic nitrogens is 1. The highest BCUT2D eigenvalue weighted by Gasteiger charge is 2.27. The second-order valence-corrected chi connectivity index (χ2v) is 7.63. The Labute approximate surface area is 115 Å². The van der Waals surface area contributed by atoms with Crippen molar-refractivity contribution in [1.82, 2.24) is 14.6 Å². The Morgan fingerprint density at radius 1 is 1.47 bits per heavy atom. The third-order valence-electron chi connectivity index (χ3n) is 2.24. The molecule has 0 unspecified atom stereocenters. The number of hydrogen-bond acceptors (Lipinski definition) is 5. The highest BCUT2D eigenvalue weighted by Crippen LogP contribution is 2.19. The first-order chi connectivity index (χ1) is 8.64. The standard InChI is InChI=1S/C10H17N3O4S2/c1-6(2)11-8(14)5-13(4)19(16,17)9-7(3)12-10(15)18-9/h6H,5H2,1-4H3,(H,11,14)(H,12,15). The van der Waals surface area contributed by atoms with Crippen LogP contribution in [0.15, 0.2) is 9.00 Å². The number of aromatic amines is 1. The zero-order valence-electron chi connectivity index (χ0n) is 11.2. The van der Waals surface area contributed by atoms with Crippen molar-refractivity contribution in [3.63, 3.8) is 0 Å². The molecule has 0 aliphatic rings. The number of hydrogen-bond donors (Lipinski definition) is 2. The molecule has 1 aromatic heterocycles. The zero-order valence-corrected chi connectivity index (χ0v) is 12.8. The SMILES string of the molecule is Cc1[nH]c(=O)sc1S(=O)(=O)N(C)CC(=O)NC(C)C. The Bertz CT molecular complexity index is 615. The summed E-state index contributed by atoms with van der Waals surface area (Å²) >= 11 is 0.618. The molecular formula is C10H17N3O4S2. The second kappa shape index (κ2) is 5.85. The van der Waals surface area contributed by atoms with Gasteiger partial charge < -0.3 is 10.3 Å². The van der Waals surface area contributed by atoms with Crippen LogP contribution in [0.4, 0.5) is 0 Å². The van der Waals surface area contributed by atoms with E-state index in [1.54, 1.807) is 13.8 Å². The summed E-state index contributed by atoms with van der Waals surface area (Å²) in [6, 6.07) is -0.0614. The zero-order chi connectivity index (χ0) is 14.8. The van der Waals surface area contributed by atoms with Crippen molar-refractivity contribution >= 4 is 27.3 Å². The van der Waals surface area contributed by atoms with E-state index in [1.165, 1.54) is 14.0 Å². The van der Waals surface area contributed by atoms with Gasteiger partial charge in [0.1, 0.15) is 0 Å². The molecule has 19 heavy (non-hydrogen) atoms. The molecule has 0 spiro atoms. The van der Waals surface area contributed by atoms with Gasteiger partial charge in [-0.15, -0.1) is 0 Å². The largest absolute Gasteiger partial charge is 0.353 e. The van der Waals surface area contributed by atoms with Crippen LogP contribution < -0.4 is 10.2 Å². The van der Waals surface area contributed by atoms with E-state index in [0.717, 1.165) is 4.31 Å². The number of likely N-dealkylation sites (N-methyl/N-ethyl adjacent to an activating group) is 1. The van der Waals surface area contributed by atoms with E-state index >= 15 is 0 Å². The fourth-order valence-corrected chi connectivity index (χ4v) is 4.05. The molecule has 1 aromatic rings. The Kier molecular flexibility index (Phi) is 4.88. The first kappa shape index (κ1) is 15.9. The Morgan fingerprint density at radius 2 is 2.05 bits per heavy atom. The van der Waals surface area contributed by atoms with Gasteiger partial charge in [-0.05, 0) is 20.8 Å². The number of thiazole rings is 1. The minimum Gasteiger partial charge on any atom is -0.353 e. The average Bonchev–Trinajstić information content (AvgIpc) is 2.56. The molecule has 0 aromatic carbocycles. The number of rotatable bonds is 5. The summed E-state index contributed by atoms with van der Waals surface area (Å²) in [6.45, 7) is 4.79. The van der Waals surface area contributed by atoms with Gasteiger partial charge in [-0.2, -0.15) is 4.31 Å². The minimum atomic E-state index is -3.82. The summed E-state index contributed by atoms with van der Waals surface area (Å²) in [5, 5.41) is 2.61. The van der Waals surface area contributed by atoms with Crippen LogP contribution in [0.5, 0.6) is 0 Å². The molecule has 0 bridgehead atoms. The molecule has 0 saturated carbocycles. The number of carbonyl (C=O) groups excluding carboxylic acids is 1. The summed E-state index contributed by atoms with van der Waals surface area (Å²) in [5.41, 5.74) is 0.283. The van der Waals surface area contributed by atoms with Crippen molar-refractivity contribution in [2.45, 2.75) is 31.0 Å². The molecule has 0 fully saturated rings. The molecule has 0 saturated heterocycles. The first-order valence-electron chi connectivity index (χ1n) is 5.60. The number of carbonyl (C=O) groups is 1. The lowest BCUT2D eigenvalue weighted by atomic mass is 10.4. The van der Waals surface area contributed by atoms with Crippen LogP contribution in [0.2, 0.25) is 0 Å². The van der Waals surface area contributed by atoms with Crippen molar-refractivity contribution in [3.8, 4) is 0 Å². The highest BCUT2D eigenvalue weighted by atomic mass is 32.2. The number of sulfonamides is 1. The van der Waals surface area contributed by atoms with Crippen LogP contribution >= 0.6 is 11.3 Å². The van der Waals surface area contributed by atoms with Gasteiger partial charge in [0.05, 0.1) is 6.54 Å². The lowest BCUT2D eigenvalue weighted by Crippen LogP contribution is -2.40. The summed E-state index contributed by atoms with van der Waals surface area (Å²) in [4.78, 5) is 24.7. The fraction of sp³-hybridized carbons (Fsp3) is 0.600. The van der Waals surface area contributed by atoms with Gasteiger partial charge in [-0.25, -0.2) is 8.42 Å². The number of aryl methyl sites for hydroxylation is 1. The van der Waals surface area contributed by atoms with Crippen LogP contribution in [-0.4, -0.2) is 43.2 Å². The van der Waals surface area contributed by atoms with Crippen molar-refractivity contribution < 1.29 is 13.2 Å². The predicted molar refractivity (Wildman–Crippen MR) is 72.8 cm³/mol. The van der Waals surface area contributed by atoms with Crippen molar-refractivity contribution in [2.24, 2.45) is 0 Å². The molecule has 1 heterocycles. The molecule has 9 heteroatoms. The molecule has 0 aliphatic heterocycles. The second-order valence-electron chi connectivity index (χ2n) is 4.41. The molecule has 0 atom stereocenters. The van der Waals surface area contributed by atoms with Crippen LogP contribution in [0.3, 0.4) is 0 Å². The van der Waals surface area contributed by atoms with E-state index in [-0.39, 0.29) is 28.4 Å². The number of nitrogens with zero attached hydrogens (tertiary/aromatic N) is 1. The molecule has 1 amide bonds. The smallest absolute Gasteiger partial charge is 0.305 e. The Balaban J connectivity index is 2.92. The van der Waals surface area contributed by atoms with E-state index in [0.29, 0.717) is 11.3 Å².